The Morgan fingerprint density at radius 1 is 0.914 bits per heavy atom. The standard InChI is InChI=1S/C27H32N2O5S/c1-20-10-13-24(14-11-20)35(31,32)29(25-18-23(33-3)12-15-26(25)34-4)19-27(30)28-16-6-9-22-8-5-7-21(2)17-22/h5,7-8,10-15,17-18H,6,9,16,19H2,1-4H3,(H,28,30). The van der Waals surface area contributed by atoms with Crippen LogP contribution in [0.4, 0.5) is 5.69 Å². The van der Waals surface area contributed by atoms with Crippen LogP contribution in [0.2, 0.25) is 0 Å². The van der Waals surface area contributed by atoms with E-state index in [0.29, 0.717) is 18.0 Å². The average Bonchev–Trinajstić information content (AvgIpc) is 2.85. The Kier molecular flexibility index (Phi) is 8.76. The topological polar surface area (TPSA) is 84.9 Å². The van der Waals surface area contributed by atoms with Crippen LogP contribution in [0.1, 0.15) is 23.1 Å². The zero-order valence-electron chi connectivity index (χ0n) is 20.6. The van der Waals surface area contributed by atoms with Crippen LogP contribution in [0.5, 0.6) is 11.5 Å². The monoisotopic (exact) mass is 496 g/mol. The molecule has 0 atom stereocenters. The van der Waals surface area contributed by atoms with Crippen LogP contribution in [0.3, 0.4) is 0 Å². The minimum Gasteiger partial charge on any atom is -0.497 e. The van der Waals surface area contributed by atoms with Gasteiger partial charge in [-0.2, -0.15) is 0 Å². The Labute approximate surface area is 207 Å². The first-order valence-corrected chi connectivity index (χ1v) is 12.8. The lowest BCUT2D eigenvalue weighted by molar-refractivity contribution is -0.119. The largest absolute Gasteiger partial charge is 0.497 e. The fourth-order valence-corrected chi connectivity index (χ4v) is 5.13. The molecule has 0 unspecified atom stereocenters. The maximum absolute atomic E-state index is 13.6. The molecule has 8 heteroatoms. The number of rotatable bonds is 11. The summed E-state index contributed by atoms with van der Waals surface area (Å²) in [7, 11) is -1.12. The molecule has 0 aliphatic heterocycles. The number of hydrogen-bond acceptors (Lipinski definition) is 5. The summed E-state index contributed by atoms with van der Waals surface area (Å²) in [6.45, 7) is 3.95. The summed E-state index contributed by atoms with van der Waals surface area (Å²) in [5.41, 5.74) is 3.54. The molecule has 0 aliphatic rings. The molecule has 7 nitrogen and oxygen atoms in total. The fourth-order valence-electron chi connectivity index (χ4n) is 3.70. The lowest BCUT2D eigenvalue weighted by Crippen LogP contribution is -2.41. The van der Waals surface area contributed by atoms with E-state index in [1.165, 1.54) is 37.5 Å². The molecule has 0 spiro atoms. The van der Waals surface area contributed by atoms with Gasteiger partial charge in [-0.15, -0.1) is 0 Å². The summed E-state index contributed by atoms with van der Waals surface area (Å²) in [4.78, 5) is 13.0. The van der Waals surface area contributed by atoms with Gasteiger partial charge < -0.3 is 14.8 Å². The zero-order valence-corrected chi connectivity index (χ0v) is 21.4. The number of nitrogens with one attached hydrogen (secondary N) is 1. The third kappa shape index (κ3) is 6.76. The molecule has 3 rings (SSSR count). The van der Waals surface area contributed by atoms with E-state index in [1.54, 1.807) is 30.3 Å². The van der Waals surface area contributed by atoms with Gasteiger partial charge in [-0.05, 0) is 56.5 Å². The highest BCUT2D eigenvalue weighted by molar-refractivity contribution is 7.92. The van der Waals surface area contributed by atoms with Crippen molar-refractivity contribution >= 4 is 21.6 Å². The van der Waals surface area contributed by atoms with Gasteiger partial charge in [0, 0.05) is 12.6 Å². The number of methoxy groups -OCH3 is 2. The first-order valence-electron chi connectivity index (χ1n) is 11.4. The maximum atomic E-state index is 13.6. The van der Waals surface area contributed by atoms with Crippen LogP contribution in [0.25, 0.3) is 0 Å². The number of benzene rings is 3. The molecule has 1 amide bonds. The number of anilines is 1. The second kappa shape index (κ2) is 11.8. The van der Waals surface area contributed by atoms with E-state index in [-0.39, 0.29) is 10.6 Å². The SMILES string of the molecule is COc1ccc(OC)c(N(CC(=O)NCCCc2cccc(C)c2)S(=O)(=O)c2ccc(C)cc2)c1. The van der Waals surface area contributed by atoms with Crippen LogP contribution >= 0.6 is 0 Å². The van der Waals surface area contributed by atoms with Gasteiger partial charge in [-0.3, -0.25) is 9.10 Å². The fraction of sp³-hybridized carbons (Fsp3) is 0.296. The molecule has 3 aromatic rings. The van der Waals surface area contributed by atoms with Crippen molar-refractivity contribution in [1.82, 2.24) is 5.32 Å². The van der Waals surface area contributed by atoms with Crippen molar-refractivity contribution in [2.75, 3.05) is 31.6 Å². The minimum atomic E-state index is -4.06. The van der Waals surface area contributed by atoms with Crippen molar-refractivity contribution in [3.8, 4) is 11.5 Å². The number of aryl methyl sites for hydroxylation is 3. The van der Waals surface area contributed by atoms with Crippen molar-refractivity contribution in [2.24, 2.45) is 0 Å². The highest BCUT2D eigenvalue weighted by atomic mass is 32.2. The molecule has 0 aromatic heterocycles. The molecule has 0 aliphatic carbocycles. The van der Waals surface area contributed by atoms with Crippen molar-refractivity contribution in [3.05, 3.63) is 83.4 Å². The molecule has 1 N–H and O–H groups in total. The number of amides is 1. The molecule has 0 radical (unpaired) electrons. The molecule has 186 valence electrons. The summed E-state index contributed by atoms with van der Waals surface area (Å²) in [5, 5.41) is 2.85. The first-order chi connectivity index (χ1) is 16.7. The van der Waals surface area contributed by atoms with Gasteiger partial charge in [-0.1, -0.05) is 47.5 Å². The molecule has 0 saturated carbocycles. The Hall–Kier alpha value is -3.52. The summed E-state index contributed by atoms with van der Waals surface area (Å²) < 4.78 is 39.1. The van der Waals surface area contributed by atoms with Gasteiger partial charge in [0.25, 0.3) is 10.0 Å². The van der Waals surface area contributed by atoms with Gasteiger partial charge in [0.15, 0.2) is 0 Å². The number of carbonyl (C=O) groups is 1. The van der Waals surface area contributed by atoms with Gasteiger partial charge in [0.05, 0.1) is 24.8 Å². The van der Waals surface area contributed by atoms with Crippen LogP contribution in [-0.2, 0) is 21.2 Å². The number of carbonyl (C=O) groups excluding carboxylic acids is 1. The molecule has 0 heterocycles. The van der Waals surface area contributed by atoms with Crippen LogP contribution < -0.4 is 19.1 Å². The molecule has 0 fully saturated rings. The summed E-state index contributed by atoms with van der Waals surface area (Å²) >= 11 is 0. The van der Waals surface area contributed by atoms with Gasteiger partial charge in [-0.25, -0.2) is 8.42 Å². The van der Waals surface area contributed by atoms with Crippen LogP contribution in [-0.4, -0.2) is 41.6 Å². The van der Waals surface area contributed by atoms with Crippen molar-refractivity contribution in [3.63, 3.8) is 0 Å². The van der Waals surface area contributed by atoms with Crippen molar-refractivity contribution < 1.29 is 22.7 Å². The first kappa shape index (κ1) is 26.1. The van der Waals surface area contributed by atoms with Crippen molar-refractivity contribution in [1.29, 1.82) is 0 Å². The van der Waals surface area contributed by atoms with E-state index >= 15 is 0 Å². The number of ether oxygens (including phenoxy) is 2. The van der Waals surface area contributed by atoms with Crippen LogP contribution in [0, 0.1) is 13.8 Å². The molecule has 3 aromatic carbocycles. The highest BCUT2D eigenvalue weighted by Gasteiger charge is 2.29. The summed E-state index contributed by atoms with van der Waals surface area (Å²) in [6.07, 6.45) is 1.55. The number of nitrogens with zero attached hydrogens (tertiary/aromatic N) is 1. The Balaban J connectivity index is 1.82. The lowest BCUT2D eigenvalue weighted by atomic mass is 10.1. The van der Waals surface area contributed by atoms with E-state index in [1.807, 2.05) is 26.0 Å². The molecular formula is C27H32N2O5S. The summed E-state index contributed by atoms with van der Waals surface area (Å²) in [6, 6.07) is 19.6. The van der Waals surface area contributed by atoms with Gasteiger partial charge in [0.2, 0.25) is 5.91 Å². The quantitative estimate of drug-likeness (QED) is 0.401. The second-order valence-corrected chi connectivity index (χ2v) is 10.2. The number of hydrogen-bond donors (Lipinski definition) is 1. The summed E-state index contributed by atoms with van der Waals surface area (Å²) in [5.74, 6) is 0.354. The van der Waals surface area contributed by atoms with Crippen LogP contribution in [0.15, 0.2) is 71.6 Å². The van der Waals surface area contributed by atoms with E-state index in [2.05, 4.69) is 17.4 Å². The molecule has 0 bridgehead atoms. The third-order valence-electron chi connectivity index (χ3n) is 5.60. The van der Waals surface area contributed by atoms with Gasteiger partial charge in [0.1, 0.15) is 18.0 Å². The highest BCUT2D eigenvalue weighted by Crippen LogP contribution is 2.35. The smallest absolute Gasteiger partial charge is 0.264 e. The minimum absolute atomic E-state index is 0.0835. The Bertz CT molecular complexity index is 1260. The molecule has 0 saturated heterocycles. The number of sulfonamides is 1. The normalized spacial score (nSPS) is 11.1. The van der Waals surface area contributed by atoms with E-state index in [0.717, 1.165) is 22.7 Å². The predicted molar refractivity (Wildman–Crippen MR) is 138 cm³/mol. The second-order valence-electron chi connectivity index (χ2n) is 8.31. The molecular weight excluding hydrogens is 464 g/mol. The van der Waals surface area contributed by atoms with Crippen molar-refractivity contribution in [2.45, 2.75) is 31.6 Å². The predicted octanol–water partition coefficient (Wildman–Crippen LogP) is 4.26. The Morgan fingerprint density at radius 3 is 2.31 bits per heavy atom. The Morgan fingerprint density at radius 2 is 1.66 bits per heavy atom. The van der Waals surface area contributed by atoms with E-state index < -0.39 is 22.5 Å². The zero-order chi connectivity index (χ0) is 25.4. The van der Waals surface area contributed by atoms with E-state index in [9.17, 15) is 13.2 Å². The molecule has 35 heavy (non-hydrogen) atoms. The lowest BCUT2D eigenvalue weighted by Gasteiger charge is -2.26. The van der Waals surface area contributed by atoms with Gasteiger partial charge >= 0.3 is 0 Å². The average molecular weight is 497 g/mol. The van der Waals surface area contributed by atoms with E-state index in [4.69, 9.17) is 9.47 Å². The third-order valence-corrected chi connectivity index (χ3v) is 7.37. The maximum Gasteiger partial charge on any atom is 0.264 e.